The van der Waals surface area contributed by atoms with Gasteiger partial charge in [0.15, 0.2) is 22.8 Å². The third kappa shape index (κ3) is 5.22. The first kappa shape index (κ1) is 37.6. The number of aryl methyl sites for hydroxylation is 1. The molecular weight excluding hydrogens is 778 g/mol. The van der Waals surface area contributed by atoms with Gasteiger partial charge in [0.1, 0.15) is 22.7 Å². The second kappa shape index (κ2) is 13.4. The fourth-order valence-electron chi connectivity index (χ4n) is 10.9. The Morgan fingerprint density at radius 1 is 0.710 bits per heavy atom. The second-order valence-electron chi connectivity index (χ2n) is 19.6. The largest absolute Gasteiger partial charge is 0.455 e. The molecule has 0 amide bonds. The number of pyridine rings is 1. The standard InChI is InChI=1S/C56H54FN3OSi/c1-32(2)39-14-13-15-40(33(3)4)53(39)59-47-16-11-12-17-48(47)60-55(59)52-45(27-26-42-41-25-21-37(29-50(41)61-54(42)52)36-19-22-38(57)23-20-36)56(60)46-28-35(7)18-24-43(46)49-30-44(34(5)6)51(31-58(49)56)62(8,9)10/h11-34H,1-10H3/q+2/i34D. The lowest BCUT2D eigenvalue weighted by molar-refractivity contribution is -0.944. The molecule has 0 saturated heterocycles. The van der Waals surface area contributed by atoms with Crippen LogP contribution in [0.2, 0.25) is 19.6 Å². The summed E-state index contributed by atoms with van der Waals surface area (Å²) in [7, 11) is -2.03. The van der Waals surface area contributed by atoms with Crippen molar-refractivity contribution in [3.8, 4) is 39.5 Å². The highest BCUT2D eigenvalue weighted by Gasteiger charge is 2.67. The van der Waals surface area contributed by atoms with Crippen LogP contribution in [-0.4, -0.2) is 12.6 Å². The van der Waals surface area contributed by atoms with Crippen LogP contribution in [0.3, 0.4) is 0 Å². The predicted octanol–water partition coefficient (Wildman–Crippen LogP) is 13.4. The van der Waals surface area contributed by atoms with Gasteiger partial charge in [0.25, 0.3) is 0 Å². The van der Waals surface area contributed by atoms with Crippen LogP contribution < -0.4 is 14.3 Å². The summed E-state index contributed by atoms with van der Waals surface area (Å²) in [6.45, 7) is 22.7. The van der Waals surface area contributed by atoms with E-state index in [2.05, 4.69) is 171 Å². The zero-order valence-corrected chi connectivity index (χ0v) is 38.4. The molecule has 4 nitrogen and oxygen atoms in total. The minimum Gasteiger partial charge on any atom is -0.455 e. The number of para-hydroxylation sites is 3. The van der Waals surface area contributed by atoms with E-state index in [0.717, 1.165) is 72.3 Å². The quantitative estimate of drug-likeness (QED) is 0.121. The Kier molecular flexibility index (Phi) is 8.16. The summed E-state index contributed by atoms with van der Waals surface area (Å²) >= 11 is 0. The Morgan fingerprint density at radius 3 is 2.10 bits per heavy atom. The molecule has 2 aliphatic heterocycles. The number of hydrogen-bond acceptors (Lipinski definition) is 1. The number of furan rings is 1. The van der Waals surface area contributed by atoms with Gasteiger partial charge < -0.3 is 4.42 Å². The Hall–Kier alpha value is -6.11. The zero-order valence-electron chi connectivity index (χ0n) is 38.4. The minimum absolute atomic E-state index is 0.254. The van der Waals surface area contributed by atoms with Crippen LogP contribution in [0.25, 0.3) is 72.4 Å². The van der Waals surface area contributed by atoms with Crippen molar-refractivity contribution in [3.05, 3.63) is 167 Å². The third-order valence-electron chi connectivity index (χ3n) is 13.7. The molecule has 5 heterocycles. The van der Waals surface area contributed by atoms with Crippen molar-refractivity contribution in [2.45, 2.75) is 91.5 Å². The molecule has 0 fully saturated rings. The number of benzene rings is 6. The van der Waals surface area contributed by atoms with Gasteiger partial charge >= 0.3 is 11.5 Å². The highest BCUT2D eigenvalue weighted by atomic mass is 28.3. The Balaban J connectivity index is 1.37. The van der Waals surface area contributed by atoms with E-state index in [-0.39, 0.29) is 17.7 Å². The van der Waals surface area contributed by atoms with E-state index in [0.29, 0.717) is 0 Å². The van der Waals surface area contributed by atoms with E-state index in [1.165, 1.54) is 50.8 Å². The lowest BCUT2D eigenvalue weighted by Gasteiger charge is -2.25. The van der Waals surface area contributed by atoms with Crippen LogP contribution >= 0.6 is 0 Å². The summed E-state index contributed by atoms with van der Waals surface area (Å²) in [6.07, 6.45) is 2.44. The van der Waals surface area contributed by atoms with Crippen molar-refractivity contribution in [2.75, 3.05) is 0 Å². The Morgan fingerprint density at radius 2 is 1.40 bits per heavy atom. The molecule has 6 aromatic carbocycles. The van der Waals surface area contributed by atoms with Gasteiger partial charge in [0.2, 0.25) is 5.69 Å². The van der Waals surface area contributed by atoms with Crippen LogP contribution in [0.1, 0.15) is 94.0 Å². The minimum atomic E-state index is -2.03. The molecular formula is C56H54FN3OSi+2. The Labute approximate surface area is 366 Å². The number of imidazole rings is 1. The van der Waals surface area contributed by atoms with Crippen LogP contribution in [0.15, 0.2) is 132 Å². The molecule has 1 spiro atoms. The summed E-state index contributed by atoms with van der Waals surface area (Å²) in [5.74, 6) is 0.554. The van der Waals surface area contributed by atoms with Gasteiger partial charge in [0, 0.05) is 34.5 Å². The van der Waals surface area contributed by atoms with E-state index in [1.54, 1.807) is 0 Å². The van der Waals surface area contributed by atoms with Crippen molar-refractivity contribution in [3.63, 3.8) is 0 Å². The monoisotopic (exact) mass is 832 g/mol. The average molecular weight is 833 g/mol. The third-order valence-corrected chi connectivity index (χ3v) is 15.7. The lowest BCUT2D eigenvalue weighted by Crippen LogP contribution is -2.72. The summed E-state index contributed by atoms with van der Waals surface area (Å²) in [5.41, 5.74) is 16.8. The van der Waals surface area contributed by atoms with Crippen molar-refractivity contribution >= 4 is 46.2 Å². The number of nitrogens with zero attached hydrogens (tertiary/aromatic N) is 3. The molecule has 9 aromatic rings. The van der Waals surface area contributed by atoms with E-state index >= 15 is 0 Å². The molecule has 62 heavy (non-hydrogen) atoms. The molecule has 0 bridgehead atoms. The molecule has 0 saturated carbocycles. The summed E-state index contributed by atoms with van der Waals surface area (Å²) < 4.78 is 38.7. The fraction of sp³-hybridized carbons (Fsp3) is 0.250. The molecule has 1 atom stereocenters. The van der Waals surface area contributed by atoms with Gasteiger partial charge in [-0.05, 0) is 102 Å². The number of rotatable bonds is 6. The van der Waals surface area contributed by atoms with Crippen molar-refractivity contribution in [1.29, 1.82) is 0 Å². The van der Waals surface area contributed by atoms with Gasteiger partial charge in [0.05, 0.1) is 24.8 Å². The Bertz CT molecular complexity index is 3370. The maximum atomic E-state index is 14.1. The summed E-state index contributed by atoms with van der Waals surface area (Å²) in [4.78, 5) is 0. The maximum Gasteiger partial charge on any atom is 0.364 e. The van der Waals surface area contributed by atoms with Crippen molar-refractivity contribution in [1.82, 2.24) is 4.57 Å². The van der Waals surface area contributed by atoms with Crippen LogP contribution in [-0.2, 0) is 5.66 Å². The van der Waals surface area contributed by atoms with Gasteiger partial charge in [-0.2, -0.15) is 4.57 Å². The van der Waals surface area contributed by atoms with Crippen LogP contribution in [0.5, 0.6) is 0 Å². The lowest BCUT2D eigenvalue weighted by atomic mass is 9.87. The van der Waals surface area contributed by atoms with Gasteiger partial charge in [-0.1, -0.05) is 121 Å². The zero-order chi connectivity index (χ0) is 44.1. The first-order chi connectivity index (χ1) is 30.0. The molecule has 308 valence electrons. The number of aromatic nitrogens is 3. The molecule has 11 rings (SSSR count). The SMILES string of the molecule is [2H]C(C)(C)c1cc2[n+](cc1[Si](C)(C)C)C1(c3cc(C)ccc3-2)c2ccc3c(oc4cc(-c5ccc(F)cc5)ccc43)c2-c2n(-c3c(C(C)C)cccc3C(C)C)c3ccccc3[n+]21. The first-order valence-corrected chi connectivity index (χ1v) is 25.7. The maximum absolute atomic E-state index is 14.1. The second-order valence-corrected chi connectivity index (χ2v) is 24.6. The predicted molar refractivity (Wildman–Crippen MR) is 255 cm³/mol. The molecule has 6 heteroatoms. The number of fused-ring (bicyclic) bond motifs is 16. The molecule has 2 aliphatic rings. The average Bonchev–Trinajstić information content (AvgIpc) is 3.95. The van der Waals surface area contributed by atoms with Gasteiger partial charge in [-0.25, -0.2) is 4.39 Å². The van der Waals surface area contributed by atoms with Crippen molar-refractivity contribution < 1.29 is 19.3 Å². The molecule has 1 unspecified atom stereocenters. The summed E-state index contributed by atoms with van der Waals surface area (Å²) in [6, 6.07) is 42.8. The van der Waals surface area contributed by atoms with E-state index in [1.807, 2.05) is 26.0 Å². The van der Waals surface area contributed by atoms with E-state index in [9.17, 15) is 5.76 Å². The topological polar surface area (TPSA) is 25.8 Å². The molecule has 0 N–H and O–H groups in total. The first-order valence-electron chi connectivity index (χ1n) is 22.7. The van der Waals surface area contributed by atoms with Crippen LogP contribution in [0.4, 0.5) is 4.39 Å². The number of hydrogen-bond donors (Lipinski definition) is 0. The normalized spacial score (nSPS) is 15.9. The van der Waals surface area contributed by atoms with Gasteiger partial charge in [-0.15, -0.1) is 9.13 Å². The fourth-order valence-corrected chi connectivity index (χ4v) is 12.5. The van der Waals surface area contributed by atoms with Crippen LogP contribution in [0, 0.1) is 12.7 Å². The highest BCUT2D eigenvalue weighted by Crippen LogP contribution is 2.53. The smallest absolute Gasteiger partial charge is 0.364 e. The van der Waals surface area contributed by atoms with E-state index < -0.39 is 19.6 Å². The van der Waals surface area contributed by atoms with E-state index in [4.69, 9.17) is 4.42 Å². The molecule has 0 radical (unpaired) electrons. The van der Waals surface area contributed by atoms with Gasteiger partial charge in [-0.3, -0.25) is 0 Å². The highest BCUT2D eigenvalue weighted by molar-refractivity contribution is 6.89. The summed E-state index contributed by atoms with van der Waals surface area (Å²) in [5, 5.41) is 3.39. The molecule has 3 aromatic heterocycles. The molecule has 0 aliphatic carbocycles. The van der Waals surface area contributed by atoms with Crippen molar-refractivity contribution in [2.24, 2.45) is 0 Å². The number of halogens is 1.